The number of carbonyl (C=O) groups excluding carboxylic acids is 1. The Hall–Kier alpha value is -3.71. The summed E-state index contributed by atoms with van der Waals surface area (Å²) in [6.45, 7) is 0.974. The van der Waals surface area contributed by atoms with Crippen molar-refractivity contribution in [1.82, 2.24) is 9.97 Å². The van der Waals surface area contributed by atoms with E-state index in [-0.39, 0.29) is 0 Å². The SMILES string of the molecule is COCCOc1cccc(Nc2nc3c(C(N)=O)cccc3c3cnccc23)c1. The number of amides is 1. The number of fused-ring (bicyclic) bond motifs is 3. The highest BCUT2D eigenvalue weighted by Crippen LogP contribution is 2.32. The van der Waals surface area contributed by atoms with Gasteiger partial charge in [-0.1, -0.05) is 18.2 Å². The molecule has 2 aromatic carbocycles. The summed E-state index contributed by atoms with van der Waals surface area (Å²) in [5, 5.41) is 5.93. The predicted molar refractivity (Wildman–Crippen MR) is 113 cm³/mol. The van der Waals surface area contributed by atoms with Gasteiger partial charge in [-0.2, -0.15) is 0 Å². The molecule has 7 heteroatoms. The minimum atomic E-state index is -0.522. The molecule has 0 atom stereocenters. The Morgan fingerprint density at radius 2 is 1.93 bits per heavy atom. The van der Waals surface area contributed by atoms with Crippen LogP contribution in [0.4, 0.5) is 11.5 Å². The molecule has 4 rings (SSSR count). The Labute approximate surface area is 167 Å². The van der Waals surface area contributed by atoms with Gasteiger partial charge in [-0.05, 0) is 24.3 Å². The highest BCUT2D eigenvalue weighted by molar-refractivity contribution is 6.15. The first-order valence-corrected chi connectivity index (χ1v) is 9.12. The molecule has 0 bridgehead atoms. The standard InChI is InChI=1S/C22H20N4O3/c1-28-10-11-29-15-5-2-4-14(12-15)25-22-17-8-9-24-13-19(17)16-6-3-7-18(21(23)27)20(16)26-22/h2-9,12-13H,10-11H2,1H3,(H2,23,27)(H,25,26). The fourth-order valence-electron chi connectivity index (χ4n) is 3.21. The lowest BCUT2D eigenvalue weighted by atomic mass is 10.0. The molecule has 0 aliphatic heterocycles. The molecule has 1 amide bonds. The van der Waals surface area contributed by atoms with Gasteiger partial charge in [0.1, 0.15) is 18.2 Å². The lowest BCUT2D eigenvalue weighted by Gasteiger charge is -2.13. The van der Waals surface area contributed by atoms with Crippen LogP contribution in [-0.2, 0) is 4.74 Å². The molecule has 7 nitrogen and oxygen atoms in total. The van der Waals surface area contributed by atoms with Crippen molar-refractivity contribution in [2.75, 3.05) is 25.6 Å². The second kappa shape index (κ2) is 8.12. The van der Waals surface area contributed by atoms with Crippen LogP contribution in [0.2, 0.25) is 0 Å². The second-order valence-corrected chi connectivity index (χ2v) is 6.44. The van der Waals surface area contributed by atoms with E-state index < -0.39 is 5.91 Å². The molecule has 146 valence electrons. The third kappa shape index (κ3) is 3.81. The topological polar surface area (TPSA) is 99.4 Å². The third-order valence-electron chi connectivity index (χ3n) is 4.54. The second-order valence-electron chi connectivity index (χ2n) is 6.44. The largest absolute Gasteiger partial charge is 0.491 e. The number of carbonyl (C=O) groups is 1. The van der Waals surface area contributed by atoms with Gasteiger partial charge in [0.25, 0.3) is 5.91 Å². The quantitative estimate of drug-likeness (QED) is 0.370. The molecular weight excluding hydrogens is 368 g/mol. The highest BCUT2D eigenvalue weighted by Gasteiger charge is 2.14. The molecule has 4 aromatic rings. The van der Waals surface area contributed by atoms with Crippen LogP contribution in [0.3, 0.4) is 0 Å². The molecule has 3 N–H and O–H groups in total. The summed E-state index contributed by atoms with van der Waals surface area (Å²) in [7, 11) is 1.63. The first-order chi connectivity index (χ1) is 14.2. The lowest BCUT2D eigenvalue weighted by Crippen LogP contribution is -2.12. The molecule has 0 saturated heterocycles. The Morgan fingerprint density at radius 3 is 2.76 bits per heavy atom. The summed E-state index contributed by atoms with van der Waals surface area (Å²) in [6, 6.07) is 14.8. The Kier molecular flexibility index (Phi) is 5.22. The smallest absolute Gasteiger partial charge is 0.250 e. The molecule has 29 heavy (non-hydrogen) atoms. The number of aromatic nitrogens is 2. The number of ether oxygens (including phenoxy) is 2. The van der Waals surface area contributed by atoms with Crippen LogP contribution in [0.1, 0.15) is 10.4 Å². The van der Waals surface area contributed by atoms with Crippen LogP contribution in [0.5, 0.6) is 5.75 Å². The average molecular weight is 388 g/mol. The molecule has 0 aliphatic rings. The zero-order chi connectivity index (χ0) is 20.2. The van der Waals surface area contributed by atoms with Crippen LogP contribution < -0.4 is 15.8 Å². The molecular formula is C22H20N4O3. The Bertz CT molecular complexity index is 1190. The number of anilines is 2. The number of hydrogen-bond donors (Lipinski definition) is 2. The zero-order valence-corrected chi connectivity index (χ0v) is 15.9. The first kappa shape index (κ1) is 18.6. The fourth-order valence-corrected chi connectivity index (χ4v) is 3.21. The van der Waals surface area contributed by atoms with Crippen molar-refractivity contribution in [3.63, 3.8) is 0 Å². The number of pyridine rings is 2. The third-order valence-corrected chi connectivity index (χ3v) is 4.54. The number of nitrogens with two attached hydrogens (primary N) is 1. The van der Waals surface area contributed by atoms with E-state index in [1.54, 1.807) is 31.6 Å². The van der Waals surface area contributed by atoms with Crippen molar-refractivity contribution in [1.29, 1.82) is 0 Å². The number of nitrogens with zero attached hydrogens (tertiary/aromatic N) is 2. The van der Waals surface area contributed by atoms with E-state index in [1.807, 2.05) is 36.4 Å². The number of rotatable bonds is 7. The van der Waals surface area contributed by atoms with Crippen LogP contribution in [-0.4, -0.2) is 36.2 Å². The van der Waals surface area contributed by atoms with E-state index in [2.05, 4.69) is 10.3 Å². The summed E-state index contributed by atoms with van der Waals surface area (Å²) in [5.41, 5.74) is 7.28. The maximum Gasteiger partial charge on any atom is 0.250 e. The predicted octanol–water partition coefficient (Wildman–Crippen LogP) is 3.65. The van der Waals surface area contributed by atoms with Gasteiger partial charge in [0.05, 0.1) is 17.7 Å². The Morgan fingerprint density at radius 1 is 1.07 bits per heavy atom. The average Bonchev–Trinajstić information content (AvgIpc) is 2.74. The van der Waals surface area contributed by atoms with Gasteiger partial charge in [0.2, 0.25) is 0 Å². The van der Waals surface area contributed by atoms with Crippen molar-refractivity contribution in [2.45, 2.75) is 0 Å². The minimum absolute atomic E-state index is 0.368. The van der Waals surface area contributed by atoms with Crippen LogP contribution in [0.15, 0.2) is 60.9 Å². The minimum Gasteiger partial charge on any atom is -0.491 e. The van der Waals surface area contributed by atoms with Crippen LogP contribution in [0.25, 0.3) is 21.7 Å². The maximum atomic E-state index is 11.9. The summed E-state index contributed by atoms with van der Waals surface area (Å²) < 4.78 is 10.7. The normalized spacial score (nSPS) is 10.9. The molecule has 0 spiro atoms. The van der Waals surface area contributed by atoms with Gasteiger partial charge in [-0.3, -0.25) is 9.78 Å². The molecule has 0 fully saturated rings. The number of primary amides is 1. The first-order valence-electron chi connectivity index (χ1n) is 9.12. The lowest BCUT2D eigenvalue weighted by molar-refractivity contribution is 0.100. The van der Waals surface area contributed by atoms with E-state index in [0.717, 1.165) is 27.6 Å². The maximum absolute atomic E-state index is 11.9. The van der Waals surface area contributed by atoms with Gasteiger partial charge >= 0.3 is 0 Å². The zero-order valence-electron chi connectivity index (χ0n) is 15.9. The monoisotopic (exact) mass is 388 g/mol. The summed E-state index contributed by atoms with van der Waals surface area (Å²) in [6.07, 6.45) is 3.48. The number of para-hydroxylation sites is 1. The van der Waals surface area contributed by atoms with Crippen molar-refractivity contribution in [3.05, 3.63) is 66.5 Å². The van der Waals surface area contributed by atoms with Gasteiger partial charge in [-0.25, -0.2) is 4.98 Å². The Balaban J connectivity index is 1.80. The van der Waals surface area contributed by atoms with E-state index in [9.17, 15) is 4.79 Å². The molecule has 2 heterocycles. The van der Waals surface area contributed by atoms with Gasteiger partial charge in [-0.15, -0.1) is 0 Å². The number of benzene rings is 2. The summed E-state index contributed by atoms with van der Waals surface area (Å²) in [5.74, 6) is 0.806. The molecule has 0 unspecified atom stereocenters. The molecule has 0 radical (unpaired) electrons. The van der Waals surface area contributed by atoms with Crippen molar-refractivity contribution in [3.8, 4) is 5.75 Å². The summed E-state index contributed by atoms with van der Waals surface area (Å²) >= 11 is 0. The van der Waals surface area contributed by atoms with Gasteiger partial charge < -0.3 is 20.5 Å². The number of hydrogen-bond acceptors (Lipinski definition) is 6. The van der Waals surface area contributed by atoms with Crippen molar-refractivity contribution in [2.24, 2.45) is 5.73 Å². The summed E-state index contributed by atoms with van der Waals surface area (Å²) in [4.78, 5) is 20.9. The highest BCUT2D eigenvalue weighted by atomic mass is 16.5. The molecule has 2 aromatic heterocycles. The van der Waals surface area contributed by atoms with Gasteiger partial charge in [0, 0.05) is 47.4 Å². The van der Waals surface area contributed by atoms with Crippen LogP contribution in [0, 0.1) is 0 Å². The molecule has 0 saturated carbocycles. The van der Waals surface area contributed by atoms with Crippen LogP contribution >= 0.6 is 0 Å². The van der Waals surface area contributed by atoms with E-state index in [4.69, 9.17) is 20.2 Å². The van der Waals surface area contributed by atoms with Crippen molar-refractivity contribution >= 4 is 39.1 Å². The van der Waals surface area contributed by atoms with E-state index >= 15 is 0 Å². The number of methoxy groups -OCH3 is 1. The number of nitrogens with one attached hydrogen (secondary N) is 1. The van der Waals surface area contributed by atoms with Crippen molar-refractivity contribution < 1.29 is 14.3 Å². The fraction of sp³-hybridized carbons (Fsp3) is 0.136. The van der Waals surface area contributed by atoms with Gasteiger partial charge in [0.15, 0.2) is 0 Å². The molecule has 0 aliphatic carbocycles. The van der Waals surface area contributed by atoms with E-state index in [0.29, 0.717) is 30.1 Å². The van der Waals surface area contributed by atoms with E-state index in [1.165, 1.54) is 0 Å².